The first-order valence-electron chi connectivity index (χ1n) is 5.70. The molecule has 0 spiro atoms. The highest BCUT2D eigenvalue weighted by atomic mass is 32.1. The van der Waals surface area contributed by atoms with E-state index in [1.54, 1.807) is 11.3 Å². The number of benzene rings is 2. The first-order valence-corrected chi connectivity index (χ1v) is 6.52. The summed E-state index contributed by atoms with van der Waals surface area (Å²) in [6.07, 6.45) is 0. The Bertz CT molecular complexity index is 677. The van der Waals surface area contributed by atoms with Crippen LogP contribution in [0.1, 0.15) is 0 Å². The Balaban J connectivity index is 2.32. The molecule has 0 atom stereocenters. The zero-order chi connectivity index (χ0) is 12.5. The molecule has 2 nitrogen and oxygen atoms in total. The van der Waals surface area contributed by atoms with Crippen molar-refractivity contribution >= 4 is 34.0 Å². The monoisotopic (exact) mass is 254 g/mol. The van der Waals surface area contributed by atoms with Gasteiger partial charge in [-0.2, -0.15) is 0 Å². The van der Waals surface area contributed by atoms with Crippen molar-refractivity contribution < 1.29 is 10.0 Å². The molecular formula is C14H11BO2S. The molecule has 0 bridgehead atoms. The summed E-state index contributed by atoms with van der Waals surface area (Å²) in [5.41, 5.74) is 1.61. The largest absolute Gasteiger partial charge is 0.490 e. The van der Waals surface area contributed by atoms with Gasteiger partial charge in [-0.1, -0.05) is 48.5 Å². The van der Waals surface area contributed by atoms with Crippen LogP contribution in [0.4, 0.5) is 0 Å². The molecule has 2 N–H and O–H groups in total. The molecule has 1 heterocycles. The van der Waals surface area contributed by atoms with Gasteiger partial charge in [0.15, 0.2) is 0 Å². The van der Waals surface area contributed by atoms with Crippen molar-refractivity contribution in [2.75, 3.05) is 0 Å². The molecule has 0 saturated heterocycles. The van der Waals surface area contributed by atoms with Gasteiger partial charge in [0.1, 0.15) is 0 Å². The van der Waals surface area contributed by atoms with Crippen molar-refractivity contribution in [1.29, 1.82) is 0 Å². The Morgan fingerprint density at radius 3 is 2.22 bits per heavy atom. The molecule has 1 aromatic heterocycles. The van der Waals surface area contributed by atoms with E-state index < -0.39 is 7.12 Å². The summed E-state index contributed by atoms with van der Waals surface area (Å²) in [6, 6.07) is 17.6. The Morgan fingerprint density at radius 1 is 0.833 bits per heavy atom. The maximum atomic E-state index is 9.61. The van der Waals surface area contributed by atoms with Gasteiger partial charge in [0.2, 0.25) is 0 Å². The standard InChI is InChI=1S/C14H11BO2S/c16-15(17)13-11-8-4-5-9-12(11)18-14(13)10-6-2-1-3-7-10/h1-9,16-17H. The summed E-state index contributed by atoms with van der Waals surface area (Å²) in [7, 11) is -1.45. The highest BCUT2D eigenvalue weighted by molar-refractivity contribution is 7.24. The Kier molecular flexibility index (Phi) is 2.92. The molecule has 0 aliphatic carbocycles. The quantitative estimate of drug-likeness (QED) is 0.688. The third-order valence-corrected chi connectivity index (χ3v) is 4.16. The lowest BCUT2D eigenvalue weighted by Gasteiger charge is -2.03. The molecule has 0 fully saturated rings. The molecule has 0 radical (unpaired) electrons. The fourth-order valence-electron chi connectivity index (χ4n) is 2.13. The number of rotatable bonds is 2. The first kappa shape index (κ1) is 11.5. The lowest BCUT2D eigenvalue weighted by molar-refractivity contribution is 0.426. The van der Waals surface area contributed by atoms with Crippen LogP contribution in [0.5, 0.6) is 0 Å². The van der Waals surface area contributed by atoms with Crippen LogP contribution < -0.4 is 5.46 Å². The number of hydrogen-bond donors (Lipinski definition) is 2. The molecule has 0 saturated carbocycles. The van der Waals surface area contributed by atoms with Gasteiger partial charge in [-0.25, -0.2) is 0 Å². The van der Waals surface area contributed by atoms with Crippen LogP contribution in [0.2, 0.25) is 0 Å². The average Bonchev–Trinajstić information content (AvgIpc) is 2.79. The number of fused-ring (bicyclic) bond motifs is 1. The molecule has 88 valence electrons. The van der Waals surface area contributed by atoms with Gasteiger partial charge < -0.3 is 10.0 Å². The van der Waals surface area contributed by atoms with Crippen molar-refractivity contribution in [3.8, 4) is 10.4 Å². The zero-order valence-corrected chi connectivity index (χ0v) is 10.4. The predicted octanol–water partition coefficient (Wildman–Crippen LogP) is 2.25. The van der Waals surface area contributed by atoms with E-state index in [1.165, 1.54) is 0 Å². The SMILES string of the molecule is OB(O)c1c(-c2ccccc2)sc2ccccc12. The average molecular weight is 254 g/mol. The lowest BCUT2D eigenvalue weighted by atomic mass is 9.77. The summed E-state index contributed by atoms with van der Waals surface area (Å²) in [5, 5.41) is 20.1. The molecule has 3 rings (SSSR count). The summed E-state index contributed by atoms with van der Waals surface area (Å²) in [4.78, 5) is 0.923. The molecule has 3 aromatic rings. The van der Waals surface area contributed by atoms with Gasteiger partial charge in [-0.3, -0.25) is 0 Å². The number of hydrogen-bond acceptors (Lipinski definition) is 3. The molecule has 2 aromatic carbocycles. The van der Waals surface area contributed by atoms with E-state index in [2.05, 4.69) is 0 Å². The topological polar surface area (TPSA) is 40.5 Å². The molecule has 0 unspecified atom stereocenters. The van der Waals surface area contributed by atoms with E-state index in [1.807, 2.05) is 54.6 Å². The van der Waals surface area contributed by atoms with Crippen molar-refractivity contribution in [2.45, 2.75) is 0 Å². The van der Waals surface area contributed by atoms with E-state index in [-0.39, 0.29) is 0 Å². The minimum Gasteiger partial charge on any atom is -0.423 e. The highest BCUT2D eigenvalue weighted by Crippen LogP contribution is 2.31. The van der Waals surface area contributed by atoms with Crippen molar-refractivity contribution in [2.24, 2.45) is 0 Å². The van der Waals surface area contributed by atoms with Crippen LogP contribution in [0.25, 0.3) is 20.5 Å². The minimum absolute atomic E-state index is 0.599. The van der Waals surface area contributed by atoms with Gasteiger partial charge in [0.05, 0.1) is 0 Å². The van der Waals surface area contributed by atoms with Crippen LogP contribution in [-0.4, -0.2) is 17.2 Å². The highest BCUT2D eigenvalue weighted by Gasteiger charge is 2.22. The summed E-state index contributed by atoms with van der Waals surface area (Å²) in [6.45, 7) is 0. The van der Waals surface area contributed by atoms with E-state index >= 15 is 0 Å². The third kappa shape index (κ3) is 1.84. The van der Waals surface area contributed by atoms with Gasteiger partial charge in [-0.05, 0) is 17.0 Å². The van der Waals surface area contributed by atoms with Crippen molar-refractivity contribution in [3.05, 3.63) is 54.6 Å². The zero-order valence-electron chi connectivity index (χ0n) is 9.58. The van der Waals surface area contributed by atoms with Gasteiger partial charge in [0, 0.05) is 15.0 Å². The smallest absolute Gasteiger partial charge is 0.423 e. The van der Waals surface area contributed by atoms with E-state index in [9.17, 15) is 10.0 Å². The Hall–Kier alpha value is -1.62. The lowest BCUT2D eigenvalue weighted by Crippen LogP contribution is -2.30. The molecule has 0 amide bonds. The van der Waals surface area contributed by atoms with Crippen LogP contribution in [-0.2, 0) is 0 Å². The van der Waals surface area contributed by atoms with Gasteiger partial charge in [0.25, 0.3) is 0 Å². The van der Waals surface area contributed by atoms with Crippen LogP contribution in [0.3, 0.4) is 0 Å². The second-order valence-electron chi connectivity index (χ2n) is 4.08. The molecule has 18 heavy (non-hydrogen) atoms. The normalized spacial score (nSPS) is 10.8. The fourth-order valence-corrected chi connectivity index (χ4v) is 3.36. The summed E-state index contributed by atoms with van der Waals surface area (Å²) < 4.78 is 1.07. The first-order chi connectivity index (χ1) is 8.77. The second-order valence-corrected chi connectivity index (χ2v) is 5.13. The van der Waals surface area contributed by atoms with Crippen molar-refractivity contribution in [3.63, 3.8) is 0 Å². The molecule has 0 aliphatic rings. The van der Waals surface area contributed by atoms with E-state index in [4.69, 9.17) is 0 Å². The Labute approximate surface area is 109 Å². The van der Waals surface area contributed by atoms with Gasteiger partial charge >= 0.3 is 7.12 Å². The fraction of sp³-hybridized carbons (Fsp3) is 0. The maximum absolute atomic E-state index is 9.61. The molecular weight excluding hydrogens is 243 g/mol. The van der Waals surface area contributed by atoms with Gasteiger partial charge in [-0.15, -0.1) is 11.3 Å². The van der Waals surface area contributed by atoms with Crippen LogP contribution >= 0.6 is 11.3 Å². The summed E-state index contributed by atoms with van der Waals surface area (Å²) in [5.74, 6) is 0. The summed E-state index contributed by atoms with van der Waals surface area (Å²) >= 11 is 1.59. The minimum atomic E-state index is -1.45. The number of thiophene rings is 1. The van der Waals surface area contributed by atoms with Crippen molar-refractivity contribution in [1.82, 2.24) is 0 Å². The second kappa shape index (κ2) is 4.57. The van der Waals surface area contributed by atoms with E-state index in [0.717, 1.165) is 20.5 Å². The molecule has 4 heteroatoms. The van der Waals surface area contributed by atoms with E-state index in [0.29, 0.717) is 5.46 Å². The molecule has 0 aliphatic heterocycles. The third-order valence-electron chi connectivity index (χ3n) is 2.93. The van der Waals surface area contributed by atoms with Crippen LogP contribution in [0.15, 0.2) is 54.6 Å². The predicted molar refractivity (Wildman–Crippen MR) is 77.1 cm³/mol. The van der Waals surface area contributed by atoms with Crippen LogP contribution in [0, 0.1) is 0 Å². The maximum Gasteiger partial charge on any atom is 0.490 e. The Morgan fingerprint density at radius 2 is 1.50 bits per heavy atom.